The van der Waals surface area contributed by atoms with Crippen LogP contribution in [0.1, 0.15) is 55.5 Å². The van der Waals surface area contributed by atoms with Crippen LogP contribution in [0.15, 0.2) is 54.6 Å². The molecule has 0 heteroatoms. The molecule has 0 unspecified atom stereocenters. The molecule has 0 bridgehead atoms. The van der Waals surface area contributed by atoms with E-state index in [1.165, 1.54) is 50.1 Å². The molecule has 3 aromatic rings. The van der Waals surface area contributed by atoms with E-state index >= 15 is 0 Å². The molecule has 3 aromatic carbocycles. The summed E-state index contributed by atoms with van der Waals surface area (Å²) in [6, 6.07) is 20.7. The average Bonchev–Trinajstić information content (AvgIpc) is 2.95. The zero-order valence-electron chi connectivity index (χ0n) is 15.7. The molecule has 0 N–H and O–H groups in total. The lowest BCUT2D eigenvalue weighted by Gasteiger charge is -2.24. The molecule has 0 fully saturated rings. The van der Waals surface area contributed by atoms with Crippen LogP contribution in [-0.2, 0) is 10.8 Å². The van der Waals surface area contributed by atoms with Gasteiger partial charge >= 0.3 is 0 Å². The minimum Gasteiger partial charge on any atom is -0.0619 e. The Morgan fingerprint density at radius 2 is 1.16 bits per heavy atom. The second kappa shape index (κ2) is 4.43. The molecule has 5 rings (SSSR count). The van der Waals surface area contributed by atoms with Crippen LogP contribution in [0.2, 0.25) is 0 Å². The van der Waals surface area contributed by atoms with Gasteiger partial charge in [0.05, 0.1) is 0 Å². The maximum atomic E-state index is 2.49. The number of fused-ring (bicyclic) bond motifs is 6. The van der Waals surface area contributed by atoms with Crippen molar-refractivity contribution in [3.8, 4) is 22.3 Å². The van der Waals surface area contributed by atoms with E-state index in [1.54, 1.807) is 0 Å². The molecule has 2 aliphatic rings. The second-order valence-electron chi connectivity index (χ2n) is 8.74. The monoisotopic (exact) mass is 324 g/mol. The van der Waals surface area contributed by atoms with Crippen LogP contribution < -0.4 is 0 Å². The Balaban J connectivity index is 1.89. The Labute approximate surface area is 150 Å². The predicted molar refractivity (Wildman–Crippen MR) is 106 cm³/mol. The fraction of sp³-hybridized carbons (Fsp3) is 0.280. The SMILES string of the molecule is Cc1cccc2c1-c1cc3c(cc1C2(C)C)-c1ccccc1C3(C)C. The third kappa shape index (κ3) is 1.68. The number of aryl methyl sites for hydroxylation is 1. The van der Waals surface area contributed by atoms with Gasteiger partial charge < -0.3 is 0 Å². The van der Waals surface area contributed by atoms with Crippen molar-refractivity contribution in [1.29, 1.82) is 0 Å². The van der Waals surface area contributed by atoms with Gasteiger partial charge in [0.1, 0.15) is 0 Å². The lowest BCUT2D eigenvalue weighted by molar-refractivity contribution is 0.652. The van der Waals surface area contributed by atoms with E-state index in [1.807, 2.05) is 0 Å². The van der Waals surface area contributed by atoms with Crippen LogP contribution in [0, 0.1) is 6.92 Å². The molecule has 0 atom stereocenters. The number of hydrogen-bond acceptors (Lipinski definition) is 0. The molecular weight excluding hydrogens is 300 g/mol. The number of hydrogen-bond donors (Lipinski definition) is 0. The van der Waals surface area contributed by atoms with E-state index in [0.29, 0.717) is 0 Å². The van der Waals surface area contributed by atoms with Gasteiger partial charge in [0.25, 0.3) is 0 Å². The summed E-state index contributed by atoms with van der Waals surface area (Å²) in [5.41, 5.74) is 13.1. The molecule has 2 aliphatic carbocycles. The third-order valence-electron chi connectivity index (χ3n) is 6.61. The topological polar surface area (TPSA) is 0 Å². The summed E-state index contributed by atoms with van der Waals surface area (Å²) in [4.78, 5) is 0. The summed E-state index contributed by atoms with van der Waals surface area (Å²) in [7, 11) is 0. The first-order chi connectivity index (χ1) is 11.8. The standard InChI is InChI=1S/C25H24/c1-15-9-8-12-20-23(15)18-14-21-17(13-22(18)25(20,4)5)16-10-6-7-11-19(16)24(21,2)3/h6-14H,1-5H3. The highest BCUT2D eigenvalue weighted by Crippen LogP contribution is 2.56. The largest absolute Gasteiger partial charge is 0.0619 e. The molecular formula is C25H24. The van der Waals surface area contributed by atoms with Crippen molar-refractivity contribution >= 4 is 0 Å². The highest BCUT2D eigenvalue weighted by molar-refractivity contribution is 5.90. The first kappa shape index (κ1) is 15.0. The molecule has 0 aliphatic heterocycles. The number of rotatable bonds is 0. The fourth-order valence-corrected chi connectivity index (χ4v) is 5.16. The quantitative estimate of drug-likeness (QED) is 0.436. The summed E-state index contributed by atoms with van der Waals surface area (Å²) >= 11 is 0. The smallest absolute Gasteiger partial charge is 0.0159 e. The highest BCUT2D eigenvalue weighted by Gasteiger charge is 2.41. The Kier molecular flexibility index (Phi) is 2.65. The van der Waals surface area contributed by atoms with Crippen molar-refractivity contribution in [2.24, 2.45) is 0 Å². The first-order valence-corrected chi connectivity index (χ1v) is 9.23. The van der Waals surface area contributed by atoms with E-state index in [-0.39, 0.29) is 10.8 Å². The van der Waals surface area contributed by atoms with Gasteiger partial charge in [-0.3, -0.25) is 0 Å². The van der Waals surface area contributed by atoms with E-state index in [2.05, 4.69) is 89.2 Å². The van der Waals surface area contributed by atoms with Crippen LogP contribution >= 0.6 is 0 Å². The summed E-state index contributed by atoms with van der Waals surface area (Å²) < 4.78 is 0. The molecule has 0 spiro atoms. The van der Waals surface area contributed by atoms with Crippen LogP contribution in [0.3, 0.4) is 0 Å². The Morgan fingerprint density at radius 1 is 0.560 bits per heavy atom. The first-order valence-electron chi connectivity index (χ1n) is 9.23. The van der Waals surface area contributed by atoms with Crippen LogP contribution in [0.4, 0.5) is 0 Å². The van der Waals surface area contributed by atoms with Crippen molar-refractivity contribution in [2.75, 3.05) is 0 Å². The van der Waals surface area contributed by atoms with Crippen molar-refractivity contribution in [1.82, 2.24) is 0 Å². The lowest BCUT2D eigenvalue weighted by Crippen LogP contribution is -2.16. The third-order valence-corrected chi connectivity index (χ3v) is 6.61. The second-order valence-corrected chi connectivity index (χ2v) is 8.74. The zero-order valence-corrected chi connectivity index (χ0v) is 15.7. The Hall–Kier alpha value is -2.34. The molecule has 0 saturated heterocycles. The molecule has 0 radical (unpaired) electrons. The summed E-state index contributed by atoms with van der Waals surface area (Å²) in [5, 5.41) is 0. The fourth-order valence-electron chi connectivity index (χ4n) is 5.16. The van der Waals surface area contributed by atoms with Gasteiger partial charge in [-0.25, -0.2) is 0 Å². The minimum atomic E-state index is 0.0629. The molecule has 0 nitrogen and oxygen atoms in total. The summed E-state index contributed by atoms with van der Waals surface area (Å²) in [5.74, 6) is 0. The predicted octanol–water partition coefficient (Wildman–Crippen LogP) is 6.61. The van der Waals surface area contributed by atoms with Crippen LogP contribution in [0.25, 0.3) is 22.3 Å². The molecule has 124 valence electrons. The van der Waals surface area contributed by atoms with E-state index < -0.39 is 0 Å². The highest BCUT2D eigenvalue weighted by atomic mass is 14.4. The van der Waals surface area contributed by atoms with Gasteiger partial charge in [-0.2, -0.15) is 0 Å². The maximum Gasteiger partial charge on any atom is 0.0159 e. The van der Waals surface area contributed by atoms with Gasteiger partial charge in [-0.15, -0.1) is 0 Å². The van der Waals surface area contributed by atoms with E-state index in [9.17, 15) is 0 Å². The normalized spacial score (nSPS) is 17.6. The minimum absolute atomic E-state index is 0.0629. The molecule has 0 heterocycles. The van der Waals surface area contributed by atoms with Gasteiger partial charge in [-0.1, -0.05) is 70.2 Å². The Bertz CT molecular complexity index is 1050. The van der Waals surface area contributed by atoms with Crippen molar-refractivity contribution in [3.05, 3.63) is 82.4 Å². The van der Waals surface area contributed by atoms with Crippen LogP contribution in [0.5, 0.6) is 0 Å². The maximum absolute atomic E-state index is 2.49. The molecule has 0 aromatic heterocycles. The summed E-state index contributed by atoms with van der Waals surface area (Å²) in [6.45, 7) is 11.7. The Morgan fingerprint density at radius 3 is 1.96 bits per heavy atom. The van der Waals surface area contributed by atoms with Crippen molar-refractivity contribution in [3.63, 3.8) is 0 Å². The van der Waals surface area contributed by atoms with Crippen LogP contribution in [-0.4, -0.2) is 0 Å². The van der Waals surface area contributed by atoms with E-state index in [0.717, 1.165) is 0 Å². The molecule has 0 saturated carbocycles. The average molecular weight is 324 g/mol. The van der Waals surface area contributed by atoms with Crippen molar-refractivity contribution < 1.29 is 0 Å². The molecule has 25 heavy (non-hydrogen) atoms. The lowest BCUT2D eigenvalue weighted by atomic mass is 9.79. The number of benzene rings is 3. The van der Waals surface area contributed by atoms with Gasteiger partial charge in [0, 0.05) is 10.8 Å². The zero-order chi connectivity index (χ0) is 17.6. The van der Waals surface area contributed by atoms with Gasteiger partial charge in [0.15, 0.2) is 0 Å². The van der Waals surface area contributed by atoms with E-state index in [4.69, 9.17) is 0 Å². The summed E-state index contributed by atoms with van der Waals surface area (Å²) in [6.07, 6.45) is 0. The molecule has 0 amide bonds. The van der Waals surface area contributed by atoms with Gasteiger partial charge in [0.2, 0.25) is 0 Å². The van der Waals surface area contributed by atoms with Gasteiger partial charge in [-0.05, 0) is 69.1 Å². The van der Waals surface area contributed by atoms with Crippen molar-refractivity contribution in [2.45, 2.75) is 45.4 Å².